The zero-order chi connectivity index (χ0) is 10.0. The lowest BCUT2D eigenvalue weighted by molar-refractivity contribution is 1.03. The monoisotopic (exact) mass is 179 g/mol. The molecule has 0 aliphatic heterocycles. The highest BCUT2D eigenvalue weighted by molar-refractivity contribution is 5.61. The van der Waals surface area contributed by atoms with E-state index in [2.05, 4.69) is 22.9 Å². The minimum Gasteiger partial charge on any atom is -0.383 e. The fourth-order valence-electron chi connectivity index (χ4n) is 1.47. The molecule has 1 aromatic rings. The summed E-state index contributed by atoms with van der Waals surface area (Å²) in [5.41, 5.74) is 9.11. The molecule has 0 aliphatic carbocycles. The lowest BCUT2D eigenvalue weighted by Crippen LogP contribution is -2.13. The van der Waals surface area contributed by atoms with Crippen LogP contribution in [0.3, 0.4) is 0 Å². The van der Waals surface area contributed by atoms with Crippen molar-refractivity contribution in [2.75, 3.05) is 24.7 Å². The maximum absolute atomic E-state index is 5.83. The predicted molar refractivity (Wildman–Crippen MR) is 57.1 cm³/mol. The molecular weight excluding hydrogens is 162 g/mol. The van der Waals surface area contributed by atoms with E-state index in [4.69, 9.17) is 5.73 Å². The molecule has 2 N–H and O–H groups in total. The molecule has 1 rings (SSSR count). The summed E-state index contributed by atoms with van der Waals surface area (Å²) in [6, 6.07) is 2.06. The van der Waals surface area contributed by atoms with Gasteiger partial charge in [-0.25, -0.2) is 4.98 Å². The maximum atomic E-state index is 5.83. The van der Waals surface area contributed by atoms with Crippen LogP contribution in [0.1, 0.15) is 18.2 Å². The molecule has 13 heavy (non-hydrogen) atoms. The predicted octanol–water partition coefficient (Wildman–Crippen LogP) is 1.60. The zero-order valence-electron chi connectivity index (χ0n) is 8.76. The minimum atomic E-state index is 0.659. The molecule has 1 aromatic heterocycles. The average molecular weight is 179 g/mol. The molecule has 0 bridgehead atoms. The van der Waals surface area contributed by atoms with Crippen LogP contribution in [0, 0.1) is 6.92 Å². The molecule has 3 nitrogen and oxygen atoms in total. The van der Waals surface area contributed by atoms with Gasteiger partial charge in [0.25, 0.3) is 0 Å². The quantitative estimate of drug-likeness (QED) is 0.749. The SMILES string of the molecule is CCc1c(N(C)C)cc(C)nc1N. The Morgan fingerprint density at radius 3 is 2.54 bits per heavy atom. The topological polar surface area (TPSA) is 42.2 Å². The van der Waals surface area contributed by atoms with Gasteiger partial charge in [0.2, 0.25) is 0 Å². The molecule has 0 saturated carbocycles. The first-order chi connectivity index (χ1) is 6.06. The van der Waals surface area contributed by atoms with Crippen LogP contribution >= 0.6 is 0 Å². The van der Waals surface area contributed by atoms with E-state index in [0.29, 0.717) is 5.82 Å². The van der Waals surface area contributed by atoms with Crippen LogP contribution in [-0.4, -0.2) is 19.1 Å². The van der Waals surface area contributed by atoms with Gasteiger partial charge in [-0.05, 0) is 19.4 Å². The molecule has 0 unspecified atom stereocenters. The standard InChI is InChI=1S/C10H17N3/c1-5-8-9(13(3)4)6-7(2)12-10(8)11/h6H,5H2,1-4H3,(H2,11,12). The third-order valence-electron chi connectivity index (χ3n) is 2.10. The lowest BCUT2D eigenvalue weighted by Gasteiger charge is -2.18. The van der Waals surface area contributed by atoms with Gasteiger partial charge in [0, 0.05) is 31.0 Å². The first-order valence-electron chi connectivity index (χ1n) is 4.49. The van der Waals surface area contributed by atoms with Gasteiger partial charge in [0.05, 0.1) is 0 Å². The molecular formula is C10H17N3. The smallest absolute Gasteiger partial charge is 0.128 e. The van der Waals surface area contributed by atoms with Crippen molar-refractivity contribution in [1.29, 1.82) is 0 Å². The number of anilines is 2. The summed E-state index contributed by atoms with van der Waals surface area (Å²) >= 11 is 0. The molecule has 0 aromatic carbocycles. The maximum Gasteiger partial charge on any atom is 0.128 e. The van der Waals surface area contributed by atoms with E-state index in [-0.39, 0.29) is 0 Å². The number of pyridine rings is 1. The van der Waals surface area contributed by atoms with Crippen LogP contribution in [0.2, 0.25) is 0 Å². The Labute approximate surface area is 79.6 Å². The van der Waals surface area contributed by atoms with E-state index in [0.717, 1.165) is 17.7 Å². The highest BCUT2D eigenvalue weighted by Gasteiger charge is 2.08. The Kier molecular flexibility index (Phi) is 2.76. The first kappa shape index (κ1) is 9.84. The molecule has 0 aliphatic rings. The van der Waals surface area contributed by atoms with Gasteiger partial charge >= 0.3 is 0 Å². The van der Waals surface area contributed by atoms with E-state index >= 15 is 0 Å². The van der Waals surface area contributed by atoms with E-state index in [9.17, 15) is 0 Å². The first-order valence-corrected chi connectivity index (χ1v) is 4.49. The third-order valence-corrected chi connectivity index (χ3v) is 2.10. The Morgan fingerprint density at radius 1 is 1.46 bits per heavy atom. The Balaban J connectivity index is 3.29. The average Bonchev–Trinajstić information content (AvgIpc) is 2.02. The van der Waals surface area contributed by atoms with Gasteiger partial charge in [-0.2, -0.15) is 0 Å². The van der Waals surface area contributed by atoms with E-state index in [1.54, 1.807) is 0 Å². The Morgan fingerprint density at radius 2 is 2.08 bits per heavy atom. The Bertz CT molecular complexity index is 305. The van der Waals surface area contributed by atoms with Crippen LogP contribution in [0.5, 0.6) is 0 Å². The molecule has 1 heterocycles. The van der Waals surface area contributed by atoms with Crippen molar-refractivity contribution in [2.24, 2.45) is 0 Å². The molecule has 0 spiro atoms. The van der Waals surface area contributed by atoms with Gasteiger partial charge < -0.3 is 10.6 Å². The number of aryl methyl sites for hydroxylation is 1. The molecule has 3 heteroatoms. The minimum absolute atomic E-state index is 0.659. The molecule has 0 amide bonds. The molecule has 0 saturated heterocycles. The van der Waals surface area contributed by atoms with Crippen molar-refractivity contribution in [3.63, 3.8) is 0 Å². The summed E-state index contributed by atoms with van der Waals surface area (Å²) in [5, 5.41) is 0. The summed E-state index contributed by atoms with van der Waals surface area (Å²) in [5.74, 6) is 0.659. The van der Waals surface area contributed by atoms with Crippen molar-refractivity contribution < 1.29 is 0 Å². The number of rotatable bonds is 2. The van der Waals surface area contributed by atoms with Crippen LogP contribution in [0.15, 0.2) is 6.07 Å². The molecule has 0 atom stereocenters. The molecule has 0 radical (unpaired) electrons. The van der Waals surface area contributed by atoms with Crippen molar-refractivity contribution >= 4 is 11.5 Å². The van der Waals surface area contributed by atoms with E-state index in [1.807, 2.05) is 21.0 Å². The fraction of sp³-hybridized carbons (Fsp3) is 0.500. The van der Waals surface area contributed by atoms with Gasteiger partial charge in [0.15, 0.2) is 0 Å². The van der Waals surface area contributed by atoms with Crippen LogP contribution < -0.4 is 10.6 Å². The number of nitrogens with two attached hydrogens (primary N) is 1. The number of aromatic nitrogens is 1. The third kappa shape index (κ3) is 1.91. The molecule has 72 valence electrons. The van der Waals surface area contributed by atoms with Gasteiger partial charge in [-0.3, -0.25) is 0 Å². The Hall–Kier alpha value is -1.25. The van der Waals surface area contributed by atoms with Crippen molar-refractivity contribution in [1.82, 2.24) is 4.98 Å². The second-order valence-corrected chi connectivity index (χ2v) is 3.39. The van der Waals surface area contributed by atoms with Gasteiger partial charge in [0.1, 0.15) is 5.82 Å². The van der Waals surface area contributed by atoms with Gasteiger partial charge in [-0.1, -0.05) is 6.92 Å². The molecule has 0 fully saturated rings. The highest BCUT2D eigenvalue weighted by atomic mass is 15.1. The van der Waals surface area contributed by atoms with Gasteiger partial charge in [-0.15, -0.1) is 0 Å². The second kappa shape index (κ2) is 3.64. The lowest BCUT2D eigenvalue weighted by atomic mass is 10.1. The van der Waals surface area contributed by atoms with Crippen molar-refractivity contribution in [3.05, 3.63) is 17.3 Å². The fourth-order valence-corrected chi connectivity index (χ4v) is 1.47. The number of nitrogens with zero attached hydrogens (tertiary/aromatic N) is 2. The normalized spacial score (nSPS) is 10.2. The number of hydrogen-bond acceptors (Lipinski definition) is 3. The highest BCUT2D eigenvalue weighted by Crippen LogP contribution is 2.24. The summed E-state index contributed by atoms with van der Waals surface area (Å²) in [6.07, 6.45) is 0.923. The van der Waals surface area contributed by atoms with Crippen LogP contribution in [-0.2, 0) is 6.42 Å². The van der Waals surface area contributed by atoms with Crippen LogP contribution in [0.4, 0.5) is 11.5 Å². The van der Waals surface area contributed by atoms with Crippen LogP contribution in [0.25, 0.3) is 0 Å². The van der Waals surface area contributed by atoms with Crippen molar-refractivity contribution in [2.45, 2.75) is 20.3 Å². The summed E-state index contributed by atoms with van der Waals surface area (Å²) in [6.45, 7) is 4.05. The number of hydrogen-bond donors (Lipinski definition) is 1. The second-order valence-electron chi connectivity index (χ2n) is 3.39. The zero-order valence-corrected chi connectivity index (χ0v) is 8.76. The largest absolute Gasteiger partial charge is 0.383 e. The summed E-state index contributed by atoms with van der Waals surface area (Å²) < 4.78 is 0. The van der Waals surface area contributed by atoms with Crippen molar-refractivity contribution in [3.8, 4) is 0 Å². The number of nitrogen functional groups attached to an aromatic ring is 1. The summed E-state index contributed by atoms with van der Waals surface area (Å²) in [4.78, 5) is 6.31. The van der Waals surface area contributed by atoms with E-state index < -0.39 is 0 Å². The summed E-state index contributed by atoms with van der Waals surface area (Å²) in [7, 11) is 4.04. The van der Waals surface area contributed by atoms with E-state index in [1.165, 1.54) is 5.69 Å².